The molecule has 0 saturated carbocycles. The molecule has 1 aliphatic heterocycles. The number of aryl methyl sites for hydroxylation is 1. The molecular weight excluding hydrogens is 380 g/mol. The lowest BCUT2D eigenvalue weighted by molar-refractivity contribution is 0.215. The highest BCUT2D eigenvalue weighted by atomic mass is 16.5. The van der Waals surface area contributed by atoms with E-state index in [1.807, 2.05) is 37.3 Å². The molecule has 152 valence electrons. The van der Waals surface area contributed by atoms with E-state index in [4.69, 9.17) is 10.3 Å². The lowest BCUT2D eigenvalue weighted by Crippen LogP contribution is -2.46. The topological polar surface area (TPSA) is 110 Å². The summed E-state index contributed by atoms with van der Waals surface area (Å²) in [6.45, 7) is 6.11. The summed E-state index contributed by atoms with van der Waals surface area (Å²) in [6, 6.07) is 11.8. The van der Waals surface area contributed by atoms with Crippen LogP contribution in [0.25, 0.3) is 22.4 Å². The molecule has 9 heteroatoms. The molecule has 1 saturated heterocycles. The highest BCUT2D eigenvalue weighted by Gasteiger charge is 2.22. The van der Waals surface area contributed by atoms with E-state index in [0.29, 0.717) is 29.7 Å². The van der Waals surface area contributed by atoms with Gasteiger partial charge in [0.25, 0.3) is 0 Å². The van der Waals surface area contributed by atoms with Crippen LogP contribution in [0, 0.1) is 6.92 Å². The van der Waals surface area contributed by atoms with Crippen LogP contribution in [0.4, 0.5) is 11.6 Å². The number of nitrogen functional groups attached to an aromatic ring is 1. The van der Waals surface area contributed by atoms with Gasteiger partial charge in [0.1, 0.15) is 18.0 Å². The second-order valence-corrected chi connectivity index (χ2v) is 7.39. The maximum Gasteiger partial charge on any atom is 0.241 e. The maximum atomic E-state index is 5.78. The Labute approximate surface area is 173 Å². The molecule has 0 unspecified atom stereocenters. The number of benzene rings is 1. The lowest BCUT2D eigenvalue weighted by Gasteiger charge is -2.34. The Morgan fingerprint density at radius 1 is 1.00 bits per heavy atom. The minimum Gasteiger partial charge on any atom is -0.384 e. The molecule has 9 nitrogen and oxygen atoms in total. The number of fused-ring (bicyclic) bond motifs is 1. The van der Waals surface area contributed by atoms with Crippen molar-refractivity contribution in [2.45, 2.75) is 13.5 Å². The zero-order valence-electron chi connectivity index (χ0n) is 16.7. The summed E-state index contributed by atoms with van der Waals surface area (Å²) in [5.74, 6) is 2.63. The van der Waals surface area contributed by atoms with Gasteiger partial charge in [0.2, 0.25) is 11.7 Å². The van der Waals surface area contributed by atoms with Crippen LogP contribution in [-0.4, -0.2) is 56.2 Å². The van der Waals surface area contributed by atoms with Crippen molar-refractivity contribution in [1.82, 2.24) is 30.0 Å². The molecule has 0 radical (unpaired) electrons. The van der Waals surface area contributed by atoms with E-state index in [-0.39, 0.29) is 0 Å². The Balaban J connectivity index is 1.26. The third-order valence-corrected chi connectivity index (χ3v) is 5.38. The number of hydrogen-bond donors (Lipinski definition) is 1. The molecule has 0 spiro atoms. The van der Waals surface area contributed by atoms with Crippen molar-refractivity contribution in [1.29, 1.82) is 0 Å². The highest BCUT2D eigenvalue weighted by molar-refractivity contribution is 5.87. The van der Waals surface area contributed by atoms with Gasteiger partial charge in [0.15, 0.2) is 5.65 Å². The smallest absolute Gasteiger partial charge is 0.241 e. The van der Waals surface area contributed by atoms with Crippen LogP contribution in [-0.2, 0) is 6.54 Å². The van der Waals surface area contributed by atoms with Crippen LogP contribution in [0.5, 0.6) is 0 Å². The third-order valence-electron chi connectivity index (χ3n) is 5.38. The summed E-state index contributed by atoms with van der Waals surface area (Å²) < 4.78 is 5.50. The Bertz CT molecular complexity index is 1180. The third kappa shape index (κ3) is 3.55. The van der Waals surface area contributed by atoms with Gasteiger partial charge in [-0.25, -0.2) is 15.0 Å². The van der Waals surface area contributed by atoms with E-state index in [2.05, 4.69) is 34.9 Å². The first-order valence-corrected chi connectivity index (χ1v) is 9.90. The molecule has 1 fully saturated rings. The fourth-order valence-electron chi connectivity index (χ4n) is 3.76. The molecule has 4 aromatic rings. The predicted molar refractivity (Wildman–Crippen MR) is 114 cm³/mol. The molecule has 0 bridgehead atoms. The molecule has 0 amide bonds. The number of pyridine rings is 1. The first-order valence-electron chi connectivity index (χ1n) is 9.90. The summed E-state index contributed by atoms with van der Waals surface area (Å²) in [4.78, 5) is 22.2. The van der Waals surface area contributed by atoms with E-state index in [0.717, 1.165) is 48.5 Å². The van der Waals surface area contributed by atoms with Crippen molar-refractivity contribution in [2.24, 2.45) is 0 Å². The monoisotopic (exact) mass is 402 g/mol. The molecule has 1 aromatic carbocycles. The highest BCUT2D eigenvalue weighted by Crippen LogP contribution is 2.24. The van der Waals surface area contributed by atoms with Gasteiger partial charge >= 0.3 is 0 Å². The van der Waals surface area contributed by atoms with Gasteiger partial charge in [-0.15, -0.1) is 0 Å². The summed E-state index contributed by atoms with van der Waals surface area (Å²) in [5, 5.41) is 5.08. The van der Waals surface area contributed by atoms with Gasteiger partial charge in [-0.05, 0) is 24.6 Å². The number of piperazine rings is 1. The van der Waals surface area contributed by atoms with Gasteiger partial charge in [-0.2, -0.15) is 4.98 Å². The number of hydrogen-bond acceptors (Lipinski definition) is 9. The summed E-state index contributed by atoms with van der Waals surface area (Å²) in [6.07, 6.45) is 1.54. The minimum absolute atomic E-state index is 0.460. The molecule has 3 aromatic heterocycles. The summed E-state index contributed by atoms with van der Waals surface area (Å²) in [7, 11) is 0. The fraction of sp³-hybridized carbons (Fsp3) is 0.286. The van der Waals surface area contributed by atoms with Crippen molar-refractivity contribution in [3.63, 3.8) is 0 Å². The standard InChI is InChI=1S/C21H22N8O/c1-14-4-2-3-5-15(14)20-26-18(30-27-20)12-28-8-10-29(11-9-28)21-16-6-7-17(22)25-19(16)23-13-24-21/h2-7,13H,8-12H2,1H3,(H2,22,23,24,25). The molecule has 4 heterocycles. The average molecular weight is 402 g/mol. The zero-order chi connectivity index (χ0) is 20.5. The van der Waals surface area contributed by atoms with Crippen molar-refractivity contribution in [2.75, 3.05) is 36.8 Å². The van der Waals surface area contributed by atoms with Crippen LogP contribution in [0.2, 0.25) is 0 Å². The van der Waals surface area contributed by atoms with Crippen LogP contribution < -0.4 is 10.6 Å². The van der Waals surface area contributed by atoms with Crippen LogP contribution in [0.1, 0.15) is 11.5 Å². The molecule has 0 aliphatic carbocycles. The van der Waals surface area contributed by atoms with Crippen LogP contribution in [0.15, 0.2) is 47.2 Å². The predicted octanol–water partition coefficient (Wildman–Crippen LogP) is 2.29. The Morgan fingerprint density at radius 2 is 1.83 bits per heavy atom. The summed E-state index contributed by atoms with van der Waals surface area (Å²) >= 11 is 0. The van der Waals surface area contributed by atoms with Crippen molar-refractivity contribution in [3.05, 3.63) is 54.2 Å². The fourth-order valence-corrected chi connectivity index (χ4v) is 3.76. The first kappa shape index (κ1) is 18.4. The van der Waals surface area contributed by atoms with Gasteiger partial charge in [-0.1, -0.05) is 29.4 Å². The molecule has 5 rings (SSSR count). The number of rotatable bonds is 4. The second kappa shape index (κ2) is 7.68. The Hall–Kier alpha value is -3.59. The van der Waals surface area contributed by atoms with E-state index < -0.39 is 0 Å². The van der Waals surface area contributed by atoms with Crippen LogP contribution in [0.3, 0.4) is 0 Å². The van der Waals surface area contributed by atoms with Crippen molar-refractivity contribution >= 4 is 22.7 Å². The van der Waals surface area contributed by atoms with Gasteiger partial charge in [0, 0.05) is 31.7 Å². The van der Waals surface area contributed by atoms with E-state index in [1.54, 1.807) is 12.4 Å². The van der Waals surface area contributed by atoms with Crippen LogP contribution >= 0.6 is 0 Å². The first-order chi connectivity index (χ1) is 14.7. The molecule has 1 aliphatic rings. The lowest BCUT2D eigenvalue weighted by atomic mass is 10.1. The molecule has 2 N–H and O–H groups in total. The normalized spacial score (nSPS) is 15.0. The SMILES string of the molecule is Cc1ccccc1-c1noc(CN2CCN(c3ncnc4nc(N)ccc34)CC2)n1. The zero-order valence-corrected chi connectivity index (χ0v) is 16.7. The van der Waals surface area contributed by atoms with Gasteiger partial charge in [-0.3, -0.25) is 4.90 Å². The molecular formula is C21H22N8O. The van der Waals surface area contributed by atoms with E-state index >= 15 is 0 Å². The Morgan fingerprint density at radius 3 is 2.67 bits per heavy atom. The van der Waals surface area contributed by atoms with Gasteiger partial charge in [0.05, 0.1) is 11.9 Å². The minimum atomic E-state index is 0.460. The van der Waals surface area contributed by atoms with Crippen molar-refractivity contribution < 1.29 is 4.52 Å². The van der Waals surface area contributed by atoms with E-state index in [1.165, 1.54) is 0 Å². The Kier molecular flexibility index (Phi) is 4.72. The number of nitrogens with two attached hydrogens (primary N) is 1. The summed E-state index contributed by atoms with van der Waals surface area (Å²) in [5.41, 5.74) is 8.53. The number of aromatic nitrogens is 5. The van der Waals surface area contributed by atoms with Crippen molar-refractivity contribution in [3.8, 4) is 11.4 Å². The quantitative estimate of drug-likeness (QED) is 0.549. The number of anilines is 2. The second-order valence-electron chi connectivity index (χ2n) is 7.39. The molecule has 30 heavy (non-hydrogen) atoms. The number of nitrogens with zero attached hydrogens (tertiary/aromatic N) is 7. The average Bonchev–Trinajstić information content (AvgIpc) is 3.22. The largest absolute Gasteiger partial charge is 0.384 e. The maximum absolute atomic E-state index is 5.78. The van der Waals surface area contributed by atoms with Gasteiger partial charge < -0.3 is 15.2 Å². The van der Waals surface area contributed by atoms with E-state index in [9.17, 15) is 0 Å². The molecule has 0 atom stereocenters.